The van der Waals surface area contributed by atoms with Crippen molar-refractivity contribution in [3.63, 3.8) is 0 Å². The Morgan fingerprint density at radius 2 is 2.04 bits per heavy atom. The predicted molar refractivity (Wildman–Crippen MR) is 98.6 cm³/mol. The number of para-hydroxylation sites is 1. The lowest BCUT2D eigenvalue weighted by molar-refractivity contribution is -0.125. The van der Waals surface area contributed by atoms with E-state index in [0.717, 1.165) is 22.7 Å². The van der Waals surface area contributed by atoms with Gasteiger partial charge in [-0.1, -0.05) is 30.7 Å². The van der Waals surface area contributed by atoms with Gasteiger partial charge in [-0.05, 0) is 56.1 Å². The van der Waals surface area contributed by atoms with E-state index in [9.17, 15) is 9.59 Å². The Bertz CT molecular complexity index is 835. The molecule has 5 nitrogen and oxygen atoms in total. The van der Waals surface area contributed by atoms with Crippen molar-refractivity contribution in [2.75, 3.05) is 6.61 Å². The van der Waals surface area contributed by atoms with E-state index in [1.165, 1.54) is 25.7 Å². The average molecular weight is 352 g/mol. The molecule has 0 spiro atoms. The van der Waals surface area contributed by atoms with Gasteiger partial charge in [-0.15, -0.1) is 0 Å². The molecule has 2 aromatic rings. The zero-order chi connectivity index (χ0) is 18.1. The Labute approximate surface area is 153 Å². The smallest absolute Gasteiger partial charge is 0.357 e. The number of amides is 1. The van der Waals surface area contributed by atoms with Crippen LogP contribution in [0.1, 0.15) is 43.1 Å². The summed E-state index contributed by atoms with van der Waals surface area (Å²) >= 11 is 0. The van der Waals surface area contributed by atoms with Gasteiger partial charge in [0.2, 0.25) is 0 Å². The highest BCUT2D eigenvalue weighted by Gasteiger charge is 2.42. The van der Waals surface area contributed by atoms with Crippen molar-refractivity contribution in [3.8, 4) is 0 Å². The van der Waals surface area contributed by atoms with Crippen LogP contribution >= 0.6 is 0 Å². The topological polar surface area (TPSA) is 68.3 Å². The highest BCUT2D eigenvalue weighted by Crippen LogP contribution is 2.49. The first kappa shape index (κ1) is 17.0. The highest BCUT2D eigenvalue weighted by atomic mass is 16.5. The number of pyridine rings is 1. The highest BCUT2D eigenvalue weighted by molar-refractivity contribution is 5.92. The molecule has 2 saturated carbocycles. The molecule has 0 saturated heterocycles. The number of rotatable bonds is 5. The molecular weight excluding hydrogens is 328 g/mol. The maximum Gasteiger partial charge on any atom is 0.357 e. The van der Waals surface area contributed by atoms with Gasteiger partial charge in [0.25, 0.3) is 5.91 Å². The van der Waals surface area contributed by atoms with Crippen LogP contribution in [0.5, 0.6) is 0 Å². The lowest BCUT2D eigenvalue weighted by Gasteiger charge is -2.28. The van der Waals surface area contributed by atoms with Gasteiger partial charge in [0.05, 0.1) is 5.52 Å². The van der Waals surface area contributed by atoms with Crippen LogP contribution in [-0.2, 0) is 9.53 Å². The quantitative estimate of drug-likeness (QED) is 0.838. The molecule has 1 aromatic heterocycles. The molecule has 0 unspecified atom stereocenters. The Kier molecular flexibility index (Phi) is 4.62. The SMILES string of the molecule is C[C@H](NC(=O)COC(=O)c1ccc2ccccc2n1)[C@H]1C[C@H]2CC[C@H]1C2. The van der Waals surface area contributed by atoms with Gasteiger partial charge in [-0.3, -0.25) is 4.79 Å². The lowest BCUT2D eigenvalue weighted by atomic mass is 9.84. The number of nitrogens with one attached hydrogen (secondary N) is 1. The van der Waals surface area contributed by atoms with Gasteiger partial charge in [0.1, 0.15) is 5.69 Å². The van der Waals surface area contributed by atoms with Crippen LogP contribution in [-0.4, -0.2) is 29.5 Å². The number of fused-ring (bicyclic) bond motifs is 3. The van der Waals surface area contributed by atoms with Crippen molar-refractivity contribution in [1.82, 2.24) is 10.3 Å². The lowest BCUT2D eigenvalue weighted by Crippen LogP contribution is -2.42. The van der Waals surface area contributed by atoms with Gasteiger partial charge in [-0.2, -0.15) is 0 Å². The molecule has 1 aromatic carbocycles. The summed E-state index contributed by atoms with van der Waals surface area (Å²) in [5.74, 6) is 1.35. The molecule has 26 heavy (non-hydrogen) atoms. The van der Waals surface area contributed by atoms with Gasteiger partial charge >= 0.3 is 5.97 Å². The second-order valence-electron chi connectivity index (χ2n) is 7.66. The van der Waals surface area contributed by atoms with Crippen LogP contribution in [0.2, 0.25) is 0 Å². The first-order valence-corrected chi connectivity index (χ1v) is 9.42. The fourth-order valence-corrected chi connectivity index (χ4v) is 4.69. The molecule has 1 amide bonds. The Morgan fingerprint density at radius 3 is 2.81 bits per heavy atom. The minimum atomic E-state index is -0.571. The normalized spacial score (nSPS) is 25.2. The van der Waals surface area contributed by atoms with Crippen molar-refractivity contribution in [1.29, 1.82) is 0 Å². The van der Waals surface area contributed by atoms with E-state index in [0.29, 0.717) is 5.92 Å². The summed E-state index contributed by atoms with van der Waals surface area (Å²) in [5, 5.41) is 3.97. The minimum absolute atomic E-state index is 0.135. The molecule has 2 fully saturated rings. The van der Waals surface area contributed by atoms with Crippen molar-refractivity contribution in [2.45, 2.75) is 38.6 Å². The number of benzene rings is 1. The van der Waals surface area contributed by atoms with Crippen molar-refractivity contribution < 1.29 is 14.3 Å². The van der Waals surface area contributed by atoms with Crippen molar-refractivity contribution in [2.24, 2.45) is 17.8 Å². The number of esters is 1. The summed E-state index contributed by atoms with van der Waals surface area (Å²) in [6, 6.07) is 11.2. The summed E-state index contributed by atoms with van der Waals surface area (Å²) in [6.07, 6.45) is 5.16. The van der Waals surface area contributed by atoms with E-state index in [1.54, 1.807) is 6.07 Å². The molecule has 136 valence electrons. The zero-order valence-corrected chi connectivity index (χ0v) is 15.0. The largest absolute Gasteiger partial charge is 0.451 e. The van der Waals surface area contributed by atoms with Crippen LogP contribution in [0.3, 0.4) is 0 Å². The Balaban J connectivity index is 1.30. The first-order valence-electron chi connectivity index (χ1n) is 9.42. The predicted octanol–water partition coefficient (Wildman–Crippen LogP) is 3.33. The molecule has 4 atom stereocenters. The number of hydrogen-bond donors (Lipinski definition) is 1. The van der Waals surface area contributed by atoms with Crippen molar-refractivity contribution >= 4 is 22.8 Å². The molecule has 0 aliphatic heterocycles. The summed E-state index contributed by atoms with van der Waals surface area (Å²) in [5.41, 5.74) is 0.953. The van der Waals surface area contributed by atoms with E-state index in [-0.39, 0.29) is 24.2 Å². The summed E-state index contributed by atoms with van der Waals surface area (Å²) in [6.45, 7) is 1.80. The van der Waals surface area contributed by atoms with Crippen LogP contribution < -0.4 is 5.32 Å². The second-order valence-corrected chi connectivity index (χ2v) is 7.66. The standard InChI is InChI=1S/C21H24N2O3/c1-13(17-11-14-6-7-16(17)10-14)22-20(24)12-26-21(25)19-9-8-15-4-2-3-5-18(15)23-19/h2-5,8-9,13-14,16-17H,6-7,10-12H2,1H3,(H,22,24)/t13-,14-,16-,17+/m0/s1. The maximum atomic E-state index is 12.2. The van der Waals surface area contributed by atoms with Crippen LogP contribution in [0.25, 0.3) is 10.9 Å². The number of carbonyl (C=O) groups excluding carboxylic acids is 2. The van der Waals surface area contributed by atoms with Crippen molar-refractivity contribution in [3.05, 3.63) is 42.1 Å². The molecule has 0 radical (unpaired) electrons. The number of nitrogens with zero attached hydrogens (tertiary/aromatic N) is 1. The van der Waals surface area contributed by atoms with E-state index >= 15 is 0 Å². The fourth-order valence-electron chi connectivity index (χ4n) is 4.69. The molecule has 2 aliphatic carbocycles. The van der Waals surface area contributed by atoms with Gasteiger partial charge in [0.15, 0.2) is 6.61 Å². The van der Waals surface area contributed by atoms with Gasteiger partial charge < -0.3 is 10.1 Å². The monoisotopic (exact) mass is 352 g/mol. The van der Waals surface area contributed by atoms with Gasteiger partial charge in [-0.25, -0.2) is 9.78 Å². The number of hydrogen-bond acceptors (Lipinski definition) is 4. The van der Waals surface area contributed by atoms with Crippen LogP contribution in [0.15, 0.2) is 36.4 Å². The second kappa shape index (κ2) is 7.06. The number of aromatic nitrogens is 1. The summed E-state index contributed by atoms with van der Waals surface area (Å²) < 4.78 is 5.15. The average Bonchev–Trinajstić information content (AvgIpc) is 3.29. The molecule has 1 N–H and O–H groups in total. The molecule has 2 aliphatic rings. The van der Waals surface area contributed by atoms with E-state index < -0.39 is 5.97 Å². The van der Waals surface area contributed by atoms with Crippen LogP contribution in [0.4, 0.5) is 0 Å². The minimum Gasteiger partial charge on any atom is -0.451 e. The third-order valence-corrected chi connectivity index (χ3v) is 5.97. The number of carbonyl (C=O) groups is 2. The molecule has 1 heterocycles. The molecule has 4 rings (SSSR count). The first-order chi connectivity index (χ1) is 12.6. The summed E-state index contributed by atoms with van der Waals surface area (Å²) in [7, 11) is 0. The number of ether oxygens (including phenoxy) is 1. The third-order valence-electron chi connectivity index (χ3n) is 5.97. The third kappa shape index (κ3) is 3.43. The Hall–Kier alpha value is -2.43. The fraction of sp³-hybridized carbons (Fsp3) is 0.476. The van der Waals surface area contributed by atoms with E-state index in [2.05, 4.69) is 17.2 Å². The zero-order valence-electron chi connectivity index (χ0n) is 15.0. The maximum absolute atomic E-state index is 12.2. The van der Waals surface area contributed by atoms with Crippen LogP contribution in [0, 0.1) is 17.8 Å². The van der Waals surface area contributed by atoms with E-state index in [1.807, 2.05) is 30.3 Å². The molecule has 5 heteroatoms. The van der Waals surface area contributed by atoms with Gasteiger partial charge in [0, 0.05) is 11.4 Å². The molecular formula is C21H24N2O3. The van der Waals surface area contributed by atoms with E-state index in [4.69, 9.17) is 4.74 Å². The Morgan fingerprint density at radius 1 is 1.19 bits per heavy atom. The summed E-state index contributed by atoms with van der Waals surface area (Å²) in [4.78, 5) is 28.6. The molecule has 2 bridgehead atoms.